The molecule has 1 radical (unpaired) electrons. The molecule has 0 amide bonds. The van der Waals surface area contributed by atoms with E-state index < -0.39 is 0 Å². The minimum absolute atomic E-state index is 0. The number of hydrogen-bond acceptors (Lipinski definition) is 2. The van der Waals surface area contributed by atoms with Gasteiger partial charge in [-0.25, -0.2) is 4.79 Å². The fraction of sp³-hybridized carbons (Fsp3) is 0.850. The van der Waals surface area contributed by atoms with Crippen LogP contribution >= 0.6 is 0 Å². The zero-order valence-corrected chi connectivity index (χ0v) is 18.1. The summed E-state index contributed by atoms with van der Waals surface area (Å²) in [5, 5.41) is 0. The monoisotopic (exact) mass is 333 g/mol. The van der Waals surface area contributed by atoms with Crippen LogP contribution in [0.4, 0.5) is 0 Å². The van der Waals surface area contributed by atoms with Gasteiger partial charge in [0.05, 0.1) is 6.61 Å². The van der Waals surface area contributed by atoms with Gasteiger partial charge in [0.25, 0.3) is 0 Å². The molecule has 0 atom stereocenters. The Hall–Kier alpha value is 0.210. The Kier molecular flexibility index (Phi) is 22.4. The second-order valence-corrected chi connectivity index (χ2v) is 6.51. The van der Waals surface area contributed by atoms with Gasteiger partial charge in [0.1, 0.15) is 0 Å². The minimum Gasteiger partial charge on any atom is -0.462 e. The van der Waals surface area contributed by atoms with Crippen LogP contribution in [0, 0.1) is 0 Å². The summed E-state index contributed by atoms with van der Waals surface area (Å²) in [7, 11) is 0. The van der Waals surface area contributed by atoms with E-state index in [1.165, 1.54) is 83.5 Å². The van der Waals surface area contributed by atoms with Gasteiger partial charge >= 0.3 is 5.97 Å². The molecular weight excluding hydrogens is 295 g/mol. The van der Waals surface area contributed by atoms with Crippen LogP contribution in [0.1, 0.15) is 104 Å². The normalized spacial score (nSPS) is 10.2. The van der Waals surface area contributed by atoms with Crippen molar-refractivity contribution in [3.05, 3.63) is 12.2 Å². The molecule has 0 rings (SSSR count). The third kappa shape index (κ3) is 20.2. The minimum atomic E-state index is -0.255. The molecular formula is C20H38NaO2. The molecule has 0 spiro atoms. The van der Waals surface area contributed by atoms with E-state index in [0.717, 1.165) is 6.42 Å². The van der Waals surface area contributed by atoms with Gasteiger partial charge in [0.2, 0.25) is 0 Å². The van der Waals surface area contributed by atoms with Crippen molar-refractivity contribution in [1.82, 2.24) is 0 Å². The molecule has 0 aliphatic carbocycles. The summed E-state index contributed by atoms with van der Waals surface area (Å²) in [5.41, 5.74) is 0.491. The van der Waals surface area contributed by atoms with Gasteiger partial charge < -0.3 is 4.74 Å². The van der Waals surface area contributed by atoms with Crippen molar-refractivity contribution in [3.8, 4) is 0 Å². The predicted octanol–water partition coefficient (Wildman–Crippen LogP) is 6.21. The molecule has 23 heavy (non-hydrogen) atoms. The Labute approximate surface area is 167 Å². The Morgan fingerprint density at radius 3 is 1.43 bits per heavy atom. The van der Waals surface area contributed by atoms with Gasteiger partial charge in [-0.15, -0.1) is 0 Å². The van der Waals surface area contributed by atoms with E-state index in [-0.39, 0.29) is 35.5 Å². The second-order valence-electron chi connectivity index (χ2n) is 6.51. The summed E-state index contributed by atoms with van der Waals surface area (Å²) < 4.78 is 5.07. The molecule has 0 saturated heterocycles. The summed E-state index contributed by atoms with van der Waals surface area (Å²) >= 11 is 0. The SMILES string of the molecule is C=C(C)C(=O)OCCCCCCCCCCCCCCCC.[Na]. The quantitative estimate of drug-likeness (QED) is 0.145. The average Bonchev–Trinajstić information content (AvgIpc) is 2.50. The predicted molar refractivity (Wildman–Crippen MR) is 102 cm³/mol. The van der Waals surface area contributed by atoms with Gasteiger partial charge in [0.15, 0.2) is 0 Å². The first-order chi connectivity index (χ1) is 10.7. The molecule has 0 N–H and O–H groups in total. The van der Waals surface area contributed by atoms with E-state index >= 15 is 0 Å². The fourth-order valence-corrected chi connectivity index (χ4v) is 2.58. The van der Waals surface area contributed by atoms with Crippen LogP contribution in [-0.4, -0.2) is 42.1 Å². The summed E-state index contributed by atoms with van der Waals surface area (Å²) in [4.78, 5) is 11.2. The number of ether oxygens (including phenoxy) is 1. The van der Waals surface area contributed by atoms with Gasteiger partial charge in [-0.05, 0) is 13.3 Å². The van der Waals surface area contributed by atoms with Gasteiger partial charge in [-0.1, -0.05) is 97.0 Å². The Morgan fingerprint density at radius 1 is 0.739 bits per heavy atom. The standard InChI is InChI=1S/C20H38O2.Na/c1-4-5-6-7-8-9-10-11-12-13-14-15-16-17-18-22-20(21)19(2)3;/h2,4-18H2,1,3H3;. The molecule has 0 aromatic rings. The Balaban J connectivity index is 0. The van der Waals surface area contributed by atoms with E-state index in [2.05, 4.69) is 13.5 Å². The fourth-order valence-electron chi connectivity index (χ4n) is 2.58. The van der Waals surface area contributed by atoms with Crippen molar-refractivity contribution in [1.29, 1.82) is 0 Å². The first kappa shape index (κ1) is 25.5. The van der Waals surface area contributed by atoms with Crippen LogP contribution in [0.15, 0.2) is 12.2 Å². The molecule has 0 bridgehead atoms. The van der Waals surface area contributed by atoms with E-state index in [1.54, 1.807) is 6.92 Å². The van der Waals surface area contributed by atoms with Crippen molar-refractivity contribution in [2.45, 2.75) is 104 Å². The summed E-state index contributed by atoms with van der Waals surface area (Å²) in [6.07, 6.45) is 18.8. The number of esters is 1. The molecule has 0 saturated carbocycles. The maximum Gasteiger partial charge on any atom is 0.333 e. The molecule has 0 fully saturated rings. The number of rotatable bonds is 16. The third-order valence-electron chi connectivity index (χ3n) is 4.08. The molecule has 131 valence electrons. The first-order valence-corrected chi connectivity index (χ1v) is 9.51. The number of unbranched alkanes of at least 4 members (excludes halogenated alkanes) is 13. The van der Waals surface area contributed by atoms with Crippen molar-refractivity contribution < 1.29 is 9.53 Å². The largest absolute Gasteiger partial charge is 0.462 e. The van der Waals surface area contributed by atoms with Crippen LogP contribution < -0.4 is 0 Å². The summed E-state index contributed by atoms with van der Waals surface area (Å²) in [5.74, 6) is -0.255. The maximum atomic E-state index is 11.2. The average molecular weight is 334 g/mol. The van der Waals surface area contributed by atoms with E-state index in [9.17, 15) is 4.79 Å². The second kappa shape index (κ2) is 20.3. The maximum absolute atomic E-state index is 11.2. The molecule has 0 heterocycles. The molecule has 0 aromatic carbocycles. The van der Waals surface area contributed by atoms with Crippen molar-refractivity contribution >= 4 is 35.5 Å². The summed E-state index contributed by atoms with van der Waals surface area (Å²) in [6.45, 7) is 8.07. The van der Waals surface area contributed by atoms with Crippen LogP contribution in [0.5, 0.6) is 0 Å². The first-order valence-electron chi connectivity index (χ1n) is 9.51. The molecule has 0 aromatic heterocycles. The van der Waals surface area contributed by atoms with Crippen LogP contribution in [0.3, 0.4) is 0 Å². The molecule has 0 unspecified atom stereocenters. The van der Waals surface area contributed by atoms with Crippen molar-refractivity contribution in [2.24, 2.45) is 0 Å². The molecule has 0 aliphatic heterocycles. The van der Waals surface area contributed by atoms with Crippen LogP contribution in [0.2, 0.25) is 0 Å². The van der Waals surface area contributed by atoms with E-state index in [1.807, 2.05) is 0 Å². The van der Waals surface area contributed by atoms with Crippen molar-refractivity contribution in [3.63, 3.8) is 0 Å². The molecule has 2 nitrogen and oxygen atoms in total. The van der Waals surface area contributed by atoms with E-state index in [0.29, 0.717) is 12.2 Å². The number of carbonyl (C=O) groups excluding carboxylic acids is 1. The zero-order chi connectivity index (χ0) is 16.5. The Bertz CT molecular complexity index is 277. The van der Waals surface area contributed by atoms with E-state index in [4.69, 9.17) is 4.74 Å². The van der Waals surface area contributed by atoms with Gasteiger partial charge in [-0.2, -0.15) is 0 Å². The Morgan fingerprint density at radius 2 is 1.09 bits per heavy atom. The van der Waals surface area contributed by atoms with Crippen molar-refractivity contribution in [2.75, 3.05) is 6.61 Å². The van der Waals surface area contributed by atoms with Gasteiger partial charge in [0, 0.05) is 35.1 Å². The molecule has 3 heteroatoms. The van der Waals surface area contributed by atoms with Gasteiger partial charge in [-0.3, -0.25) is 0 Å². The number of hydrogen-bond donors (Lipinski definition) is 0. The zero-order valence-electron chi connectivity index (χ0n) is 16.1. The third-order valence-corrected chi connectivity index (χ3v) is 4.08. The van der Waals surface area contributed by atoms with Crippen LogP contribution in [0.25, 0.3) is 0 Å². The molecule has 0 aliphatic rings. The smallest absolute Gasteiger partial charge is 0.333 e. The topological polar surface area (TPSA) is 26.3 Å². The summed E-state index contributed by atoms with van der Waals surface area (Å²) in [6, 6.07) is 0. The van der Waals surface area contributed by atoms with Crippen LogP contribution in [-0.2, 0) is 9.53 Å². The number of carbonyl (C=O) groups is 1.